The summed E-state index contributed by atoms with van der Waals surface area (Å²) in [5.74, 6) is 4.91. The first-order valence-electron chi connectivity index (χ1n) is 6.71. The van der Waals surface area contributed by atoms with Crippen LogP contribution in [0.5, 0.6) is 0 Å². The normalized spacial score (nSPS) is 19.2. The maximum absolute atomic E-state index is 12.0. The van der Waals surface area contributed by atoms with Gasteiger partial charge in [-0.3, -0.25) is 19.9 Å². The number of hydrogen-bond donors (Lipinski definition) is 3. The number of aromatic nitrogens is 1. The summed E-state index contributed by atoms with van der Waals surface area (Å²) >= 11 is 0. The number of nitrogen functional groups attached to an aromatic ring is 1. The zero-order valence-corrected chi connectivity index (χ0v) is 11.8. The van der Waals surface area contributed by atoms with E-state index >= 15 is 0 Å². The van der Waals surface area contributed by atoms with Crippen molar-refractivity contribution in [1.29, 1.82) is 0 Å². The summed E-state index contributed by atoms with van der Waals surface area (Å²) in [6.07, 6.45) is 0. The van der Waals surface area contributed by atoms with Gasteiger partial charge in [0.15, 0.2) is 11.5 Å². The Bertz CT molecular complexity index is 504. The van der Waals surface area contributed by atoms with E-state index in [0.717, 1.165) is 0 Å². The van der Waals surface area contributed by atoms with E-state index in [9.17, 15) is 9.59 Å². The van der Waals surface area contributed by atoms with Crippen LogP contribution in [0.1, 0.15) is 23.2 Å². The van der Waals surface area contributed by atoms with Gasteiger partial charge in [0.1, 0.15) is 6.04 Å². The van der Waals surface area contributed by atoms with Gasteiger partial charge in [-0.1, -0.05) is 5.16 Å². The highest BCUT2D eigenvalue weighted by atomic mass is 16.5. The Morgan fingerprint density at radius 2 is 2.38 bits per heavy atom. The molecule has 1 fully saturated rings. The molecule has 0 aromatic carbocycles. The number of ether oxygens (including phenoxy) is 1. The van der Waals surface area contributed by atoms with Crippen molar-refractivity contribution in [2.45, 2.75) is 19.5 Å². The van der Waals surface area contributed by atoms with Crippen molar-refractivity contribution in [1.82, 2.24) is 20.8 Å². The largest absolute Gasteiger partial charge is 0.378 e. The minimum Gasteiger partial charge on any atom is -0.378 e. The molecule has 2 rings (SSSR count). The van der Waals surface area contributed by atoms with Crippen LogP contribution in [0.3, 0.4) is 0 Å². The van der Waals surface area contributed by atoms with Crippen molar-refractivity contribution in [3.8, 4) is 0 Å². The van der Waals surface area contributed by atoms with Crippen molar-refractivity contribution in [2.24, 2.45) is 5.84 Å². The number of amides is 2. The molecule has 1 atom stereocenters. The average Bonchev–Trinajstić information content (AvgIpc) is 2.96. The summed E-state index contributed by atoms with van der Waals surface area (Å²) in [4.78, 5) is 25.2. The Balaban J connectivity index is 2.03. The first kappa shape index (κ1) is 15.4. The molecule has 1 aromatic heterocycles. The zero-order valence-electron chi connectivity index (χ0n) is 11.8. The summed E-state index contributed by atoms with van der Waals surface area (Å²) in [7, 11) is 0. The number of hydrazine groups is 1. The van der Waals surface area contributed by atoms with Crippen molar-refractivity contribution < 1.29 is 18.8 Å². The highest BCUT2D eigenvalue weighted by Crippen LogP contribution is 2.13. The molecule has 9 heteroatoms. The number of hydrogen-bond acceptors (Lipinski definition) is 7. The minimum atomic E-state index is -0.521. The lowest BCUT2D eigenvalue weighted by molar-refractivity contribution is -0.133. The summed E-state index contributed by atoms with van der Waals surface area (Å²) < 4.78 is 10.4. The molecule has 116 valence electrons. The van der Waals surface area contributed by atoms with Gasteiger partial charge in [-0.15, -0.1) is 0 Å². The Labute approximate surface area is 121 Å². The van der Waals surface area contributed by atoms with Gasteiger partial charge < -0.3 is 14.6 Å². The maximum Gasteiger partial charge on any atom is 0.287 e. The highest BCUT2D eigenvalue weighted by Gasteiger charge is 2.30. The molecule has 9 nitrogen and oxygen atoms in total. The van der Waals surface area contributed by atoms with E-state index < -0.39 is 5.91 Å². The van der Waals surface area contributed by atoms with Crippen molar-refractivity contribution >= 4 is 11.8 Å². The SMILES string of the molecule is CCNC(=O)C1COCCN1Cc1cc(C(=O)NN)no1. The third kappa shape index (κ3) is 3.78. The van der Waals surface area contributed by atoms with E-state index in [1.165, 1.54) is 6.07 Å². The van der Waals surface area contributed by atoms with E-state index in [1.54, 1.807) is 0 Å². The van der Waals surface area contributed by atoms with Crippen molar-refractivity contribution in [2.75, 3.05) is 26.3 Å². The second kappa shape index (κ2) is 7.16. The second-order valence-electron chi connectivity index (χ2n) is 4.61. The first-order chi connectivity index (χ1) is 10.2. The van der Waals surface area contributed by atoms with Gasteiger partial charge in [-0.25, -0.2) is 5.84 Å². The summed E-state index contributed by atoms with van der Waals surface area (Å²) in [6.45, 7) is 4.26. The number of nitrogens with zero attached hydrogens (tertiary/aromatic N) is 2. The smallest absolute Gasteiger partial charge is 0.287 e. The van der Waals surface area contributed by atoms with Gasteiger partial charge in [-0.05, 0) is 6.92 Å². The van der Waals surface area contributed by atoms with Crippen molar-refractivity contribution in [3.05, 3.63) is 17.5 Å². The number of likely N-dealkylation sites (N-methyl/N-ethyl adjacent to an activating group) is 1. The molecule has 0 saturated carbocycles. The Morgan fingerprint density at radius 1 is 1.57 bits per heavy atom. The number of carbonyl (C=O) groups excluding carboxylic acids is 2. The third-order valence-electron chi connectivity index (χ3n) is 3.17. The Hall–Kier alpha value is -1.97. The monoisotopic (exact) mass is 297 g/mol. The van der Waals surface area contributed by atoms with Gasteiger partial charge in [0.25, 0.3) is 5.91 Å². The van der Waals surface area contributed by atoms with Crippen LogP contribution in [0.2, 0.25) is 0 Å². The van der Waals surface area contributed by atoms with Gasteiger partial charge >= 0.3 is 0 Å². The summed E-state index contributed by atoms with van der Waals surface area (Å²) in [5.41, 5.74) is 2.09. The second-order valence-corrected chi connectivity index (χ2v) is 4.61. The molecule has 1 saturated heterocycles. The van der Waals surface area contributed by atoms with Gasteiger partial charge in [0, 0.05) is 19.2 Å². The molecule has 2 amide bonds. The summed E-state index contributed by atoms with van der Waals surface area (Å²) in [5, 5.41) is 6.41. The molecule has 1 aromatic rings. The molecule has 4 N–H and O–H groups in total. The number of nitrogens with one attached hydrogen (secondary N) is 2. The van der Waals surface area contributed by atoms with Crippen LogP contribution < -0.4 is 16.6 Å². The van der Waals surface area contributed by atoms with Crippen molar-refractivity contribution in [3.63, 3.8) is 0 Å². The van der Waals surface area contributed by atoms with E-state index in [1.807, 2.05) is 17.2 Å². The Kier molecular flexibility index (Phi) is 5.26. The minimum absolute atomic E-state index is 0.0864. The van der Waals surface area contributed by atoms with Crippen LogP contribution in [0, 0.1) is 0 Å². The fourth-order valence-corrected chi connectivity index (χ4v) is 2.13. The van der Waals surface area contributed by atoms with Crippen LogP contribution >= 0.6 is 0 Å². The summed E-state index contributed by atoms with van der Waals surface area (Å²) in [6, 6.07) is 1.13. The molecular weight excluding hydrogens is 278 g/mol. The lowest BCUT2D eigenvalue weighted by Crippen LogP contribution is -2.53. The molecule has 21 heavy (non-hydrogen) atoms. The van der Waals surface area contributed by atoms with E-state index in [0.29, 0.717) is 38.6 Å². The fourth-order valence-electron chi connectivity index (χ4n) is 2.13. The van der Waals surface area contributed by atoms with E-state index in [2.05, 4.69) is 10.5 Å². The van der Waals surface area contributed by atoms with Crippen LogP contribution in [0.4, 0.5) is 0 Å². The molecule has 2 heterocycles. The van der Waals surface area contributed by atoms with Crippen LogP contribution in [0.15, 0.2) is 10.6 Å². The van der Waals surface area contributed by atoms with Gasteiger partial charge in [0.05, 0.1) is 19.8 Å². The molecule has 0 aliphatic carbocycles. The molecule has 1 unspecified atom stereocenters. The quantitative estimate of drug-likeness (QED) is 0.347. The van der Waals surface area contributed by atoms with Crippen LogP contribution in [-0.2, 0) is 16.1 Å². The Morgan fingerprint density at radius 3 is 3.10 bits per heavy atom. The number of morpholine rings is 1. The zero-order chi connectivity index (χ0) is 15.2. The van der Waals surface area contributed by atoms with E-state index in [4.69, 9.17) is 15.1 Å². The van der Waals surface area contributed by atoms with Gasteiger partial charge in [-0.2, -0.15) is 0 Å². The number of carbonyl (C=O) groups is 2. The lowest BCUT2D eigenvalue weighted by Gasteiger charge is -2.33. The topological polar surface area (TPSA) is 123 Å². The van der Waals surface area contributed by atoms with E-state index in [-0.39, 0.29) is 17.6 Å². The lowest BCUT2D eigenvalue weighted by atomic mass is 10.2. The molecule has 1 aliphatic rings. The predicted octanol–water partition coefficient (Wildman–Crippen LogP) is -1.38. The van der Waals surface area contributed by atoms with Crippen LogP contribution in [0.25, 0.3) is 0 Å². The predicted molar refractivity (Wildman–Crippen MR) is 71.9 cm³/mol. The van der Waals surface area contributed by atoms with Crippen LogP contribution in [-0.4, -0.2) is 54.2 Å². The third-order valence-corrected chi connectivity index (χ3v) is 3.17. The highest BCUT2D eigenvalue weighted by molar-refractivity contribution is 5.91. The first-order valence-corrected chi connectivity index (χ1v) is 6.71. The molecule has 0 bridgehead atoms. The molecule has 0 spiro atoms. The number of rotatable bonds is 5. The standard InChI is InChI=1S/C12H19N5O4/c1-2-14-12(19)10-7-20-4-3-17(10)6-8-5-9(16-21-8)11(18)15-13/h5,10H,2-4,6-7,13H2,1H3,(H,14,19)(H,15,18). The maximum atomic E-state index is 12.0. The number of nitrogens with two attached hydrogens (primary N) is 1. The molecule has 0 radical (unpaired) electrons. The average molecular weight is 297 g/mol. The molecule has 1 aliphatic heterocycles. The van der Waals surface area contributed by atoms with Gasteiger partial charge in [0.2, 0.25) is 5.91 Å². The molecular formula is C12H19N5O4. The fraction of sp³-hybridized carbons (Fsp3) is 0.583.